The molecule has 2 aromatic rings. The minimum absolute atomic E-state index is 0.251. The third-order valence-corrected chi connectivity index (χ3v) is 4.78. The largest absolute Gasteiger partial charge is 0.370 e. The van der Waals surface area contributed by atoms with E-state index in [1.807, 2.05) is 24.6 Å². The Morgan fingerprint density at radius 3 is 2.68 bits per heavy atom. The maximum Gasteiger partial charge on any atom is 0.224 e. The molecule has 0 atom stereocenters. The van der Waals surface area contributed by atoms with Crippen LogP contribution in [0.4, 0.5) is 5.82 Å². The molecular weight excluding hydrogens is 320 g/mol. The van der Waals surface area contributed by atoms with E-state index in [4.69, 9.17) is 11.6 Å². The van der Waals surface area contributed by atoms with Gasteiger partial charge in [-0.25, -0.2) is 9.97 Å². The predicted octanol–water partition coefficient (Wildman–Crippen LogP) is 2.70. The zero-order chi connectivity index (χ0) is 15.9. The van der Waals surface area contributed by atoms with Crippen LogP contribution < -0.4 is 5.32 Å². The first-order valence-corrected chi connectivity index (χ1v) is 8.16. The molecule has 1 N–H and O–H groups in total. The first-order valence-electron chi connectivity index (χ1n) is 7.34. The fourth-order valence-electron chi connectivity index (χ4n) is 3.31. The lowest BCUT2D eigenvalue weighted by Crippen LogP contribution is -2.44. The van der Waals surface area contributed by atoms with Crippen LogP contribution >= 0.6 is 24.2 Å². The molecule has 0 aliphatic heterocycles. The van der Waals surface area contributed by atoms with Gasteiger partial charge >= 0.3 is 0 Å². The van der Waals surface area contributed by atoms with Crippen LogP contribution in [0.1, 0.15) is 38.2 Å². The van der Waals surface area contributed by atoms with Gasteiger partial charge < -0.3 is 9.88 Å². The summed E-state index contributed by atoms with van der Waals surface area (Å²) in [4.78, 5) is 8.70. The van der Waals surface area contributed by atoms with Gasteiger partial charge in [0, 0.05) is 19.7 Å². The van der Waals surface area contributed by atoms with Crippen molar-refractivity contribution in [3.05, 3.63) is 22.9 Å². The average Bonchev–Trinajstić information content (AvgIpc) is 2.75. The van der Waals surface area contributed by atoms with Crippen LogP contribution in [0, 0.1) is 5.92 Å². The zero-order valence-electron chi connectivity index (χ0n) is 12.8. The number of rotatable bonds is 4. The molecular formula is C14H19ClN6S. The fourth-order valence-corrected chi connectivity index (χ4v) is 3.63. The van der Waals surface area contributed by atoms with E-state index in [0.717, 1.165) is 36.7 Å². The third-order valence-electron chi connectivity index (χ3n) is 4.22. The topological polar surface area (TPSA) is 68.5 Å². The highest BCUT2D eigenvalue weighted by molar-refractivity contribution is 7.80. The van der Waals surface area contributed by atoms with Crippen LogP contribution in [0.3, 0.4) is 0 Å². The standard InChI is InChI=1S/C14H19ClN6S/c1-4-16-10-5-9(17-12(15)18-10)14(6-8(2)7-14)11-19-20-13(22)21(11)3/h5,8H,4,6-7H2,1-3H3,(H,20,22)(H,16,17,18). The second-order valence-corrected chi connectivity index (χ2v) is 6.65. The maximum atomic E-state index is 6.12. The molecule has 118 valence electrons. The van der Waals surface area contributed by atoms with Gasteiger partial charge in [-0.1, -0.05) is 6.92 Å². The van der Waals surface area contributed by atoms with E-state index in [-0.39, 0.29) is 10.7 Å². The first-order chi connectivity index (χ1) is 10.5. The number of nitrogens with zero attached hydrogens (tertiary/aromatic N) is 5. The van der Waals surface area contributed by atoms with Crippen molar-refractivity contribution in [1.29, 1.82) is 0 Å². The number of hydrogen-bond acceptors (Lipinski definition) is 6. The summed E-state index contributed by atoms with van der Waals surface area (Å²) in [6.07, 6.45) is 1.93. The van der Waals surface area contributed by atoms with Crippen molar-refractivity contribution in [2.45, 2.75) is 37.3 Å². The van der Waals surface area contributed by atoms with Crippen LogP contribution in [0.2, 0.25) is 5.28 Å². The molecule has 1 aliphatic rings. The fraction of sp³-hybridized carbons (Fsp3) is 0.571. The lowest BCUT2D eigenvalue weighted by molar-refractivity contribution is 0.179. The van der Waals surface area contributed by atoms with Crippen LogP contribution in [-0.2, 0) is 12.5 Å². The number of nitrogens with one attached hydrogen (secondary N) is 1. The summed E-state index contributed by atoms with van der Waals surface area (Å²) in [5.74, 6) is 2.23. The summed E-state index contributed by atoms with van der Waals surface area (Å²) in [6, 6.07) is 1.97. The highest BCUT2D eigenvalue weighted by atomic mass is 35.5. The number of thiol groups is 1. The Morgan fingerprint density at radius 2 is 2.14 bits per heavy atom. The van der Waals surface area contributed by atoms with Crippen molar-refractivity contribution < 1.29 is 0 Å². The minimum Gasteiger partial charge on any atom is -0.370 e. The molecule has 0 amide bonds. The number of hydrogen-bond donors (Lipinski definition) is 2. The molecule has 8 heteroatoms. The lowest BCUT2D eigenvalue weighted by Gasteiger charge is -2.45. The maximum absolute atomic E-state index is 6.12. The molecule has 0 bridgehead atoms. The average molecular weight is 339 g/mol. The third kappa shape index (κ3) is 2.46. The summed E-state index contributed by atoms with van der Waals surface area (Å²) < 4.78 is 1.91. The molecule has 1 saturated carbocycles. The highest BCUT2D eigenvalue weighted by Crippen LogP contribution is 2.51. The van der Waals surface area contributed by atoms with Crippen molar-refractivity contribution >= 4 is 30.0 Å². The Kier molecular flexibility index (Phi) is 4.03. The summed E-state index contributed by atoms with van der Waals surface area (Å²) in [5, 5.41) is 12.5. The summed E-state index contributed by atoms with van der Waals surface area (Å²) in [6.45, 7) is 5.03. The molecule has 1 fully saturated rings. The van der Waals surface area contributed by atoms with Crippen molar-refractivity contribution in [2.24, 2.45) is 13.0 Å². The molecule has 0 spiro atoms. The van der Waals surface area contributed by atoms with Crippen LogP contribution in [0.5, 0.6) is 0 Å². The molecule has 3 rings (SSSR count). The number of anilines is 1. The van der Waals surface area contributed by atoms with E-state index in [0.29, 0.717) is 11.1 Å². The van der Waals surface area contributed by atoms with Crippen LogP contribution in [0.25, 0.3) is 0 Å². The van der Waals surface area contributed by atoms with Gasteiger partial charge in [-0.05, 0) is 37.3 Å². The van der Waals surface area contributed by atoms with Gasteiger partial charge in [0.1, 0.15) is 11.6 Å². The van der Waals surface area contributed by atoms with Gasteiger partial charge in [0.15, 0.2) is 5.16 Å². The quantitative estimate of drug-likeness (QED) is 0.662. The SMILES string of the molecule is CCNc1cc(C2(c3nnc(S)n3C)CC(C)C2)nc(Cl)n1. The smallest absolute Gasteiger partial charge is 0.224 e. The highest BCUT2D eigenvalue weighted by Gasteiger charge is 2.50. The van der Waals surface area contributed by atoms with E-state index in [1.54, 1.807) is 0 Å². The Morgan fingerprint density at radius 1 is 1.41 bits per heavy atom. The molecule has 0 radical (unpaired) electrons. The lowest BCUT2D eigenvalue weighted by atomic mass is 9.60. The number of halogens is 1. The molecule has 0 aromatic carbocycles. The van der Waals surface area contributed by atoms with E-state index in [9.17, 15) is 0 Å². The van der Waals surface area contributed by atoms with Crippen LogP contribution in [0.15, 0.2) is 11.2 Å². The Hall–Kier alpha value is -1.34. The van der Waals surface area contributed by atoms with Crippen molar-refractivity contribution in [1.82, 2.24) is 24.7 Å². The Balaban J connectivity index is 2.11. The molecule has 22 heavy (non-hydrogen) atoms. The monoisotopic (exact) mass is 338 g/mol. The molecule has 0 unspecified atom stereocenters. The van der Waals surface area contributed by atoms with E-state index >= 15 is 0 Å². The van der Waals surface area contributed by atoms with E-state index in [1.165, 1.54) is 0 Å². The van der Waals surface area contributed by atoms with E-state index < -0.39 is 0 Å². The predicted molar refractivity (Wildman–Crippen MR) is 88.6 cm³/mol. The Bertz CT molecular complexity index is 695. The Labute approximate surface area is 140 Å². The summed E-state index contributed by atoms with van der Waals surface area (Å²) >= 11 is 10.5. The normalized spacial score (nSPS) is 24.1. The number of aromatic nitrogens is 5. The van der Waals surface area contributed by atoms with E-state index in [2.05, 4.69) is 45.0 Å². The van der Waals surface area contributed by atoms with Gasteiger partial charge in [-0.15, -0.1) is 22.8 Å². The van der Waals surface area contributed by atoms with Gasteiger partial charge in [-0.2, -0.15) is 0 Å². The molecule has 0 saturated heterocycles. The minimum atomic E-state index is -0.265. The second-order valence-electron chi connectivity index (χ2n) is 5.92. The summed E-state index contributed by atoms with van der Waals surface area (Å²) in [7, 11) is 1.93. The van der Waals surface area contributed by atoms with Gasteiger partial charge in [-0.3, -0.25) is 0 Å². The molecule has 6 nitrogen and oxygen atoms in total. The van der Waals surface area contributed by atoms with Crippen molar-refractivity contribution in [3.8, 4) is 0 Å². The van der Waals surface area contributed by atoms with Crippen LogP contribution in [-0.4, -0.2) is 31.3 Å². The van der Waals surface area contributed by atoms with Gasteiger partial charge in [0.25, 0.3) is 0 Å². The van der Waals surface area contributed by atoms with Crippen molar-refractivity contribution in [2.75, 3.05) is 11.9 Å². The second kappa shape index (κ2) is 5.70. The van der Waals surface area contributed by atoms with Gasteiger partial charge in [0.2, 0.25) is 5.28 Å². The first kappa shape index (κ1) is 15.6. The molecule has 1 aliphatic carbocycles. The van der Waals surface area contributed by atoms with Crippen molar-refractivity contribution in [3.63, 3.8) is 0 Å². The molecule has 2 aromatic heterocycles. The summed E-state index contributed by atoms with van der Waals surface area (Å²) in [5.41, 5.74) is 0.629. The van der Waals surface area contributed by atoms with Gasteiger partial charge in [0.05, 0.1) is 11.1 Å². The molecule has 2 heterocycles. The zero-order valence-corrected chi connectivity index (χ0v) is 14.5.